The number of carbonyl (C=O) groups excluding carboxylic acids is 2. The molecule has 3 N–H and O–H groups in total. The average molecular weight is 333 g/mol. The number of carbonyl (C=O) groups is 2. The molecule has 6 heteroatoms. The predicted octanol–water partition coefficient (Wildman–Crippen LogP) is 1.65. The van der Waals surface area contributed by atoms with Crippen LogP contribution in [0.5, 0.6) is 0 Å². The molecule has 1 aromatic heterocycles. The van der Waals surface area contributed by atoms with Crippen LogP contribution in [0.2, 0.25) is 0 Å². The molecule has 6 nitrogen and oxygen atoms in total. The van der Waals surface area contributed by atoms with Crippen molar-refractivity contribution in [1.82, 2.24) is 15.6 Å². The molecular formula is C18H27N3O3. The summed E-state index contributed by atoms with van der Waals surface area (Å²) in [6, 6.07) is 2.69. The van der Waals surface area contributed by atoms with Crippen LogP contribution in [-0.4, -0.2) is 40.6 Å². The molecule has 1 saturated carbocycles. The maximum Gasteiger partial charge on any atom is 0.253 e. The van der Waals surface area contributed by atoms with E-state index in [0.29, 0.717) is 24.4 Å². The summed E-state index contributed by atoms with van der Waals surface area (Å²) >= 11 is 0. The van der Waals surface area contributed by atoms with Gasteiger partial charge in [-0.1, -0.05) is 26.2 Å². The number of nitrogens with zero attached hydrogens (tertiary/aromatic N) is 1. The summed E-state index contributed by atoms with van der Waals surface area (Å²) < 4.78 is 0. The van der Waals surface area contributed by atoms with Gasteiger partial charge >= 0.3 is 0 Å². The second kappa shape index (κ2) is 9.37. The zero-order valence-electron chi connectivity index (χ0n) is 14.2. The highest BCUT2D eigenvalue weighted by Gasteiger charge is 2.27. The Morgan fingerprint density at radius 3 is 2.71 bits per heavy atom. The van der Waals surface area contributed by atoms with Crippen LogP contribution < -0.4 is 10.6 Å². The van der Waals surface area contributed by atoms with Gasteiger partial charge in [-0.2, -0.15) is 0 Å². The van der Waals surface area contributed by atoms with Crippen molar-refractivity contribution in [2.45, 2.75) is 57.6 Å². The Kier molecular flexibility index (Phi) is 7.18. The van der Waals surface area contributed by atoms with Gasteiger partial charge in [0.05, 0.1) is 11.6 Å². The fourth-order valence-corrected chi connectivity index (χ4v) is 3.08. The van der Waals surface area contributed by atoms with E-state index >= 15 is 0 Å². The van der Waals surface area contributed by atoms with Gasteiger partial charge in [-0.15, -0.1) is 0 Å². The standard InChI is InChI=1S/C18H27N3O3/c1-2-15(21-17(23)14-9-6-10-19-12-14)16(22)18(24)20-11-13-7-4-3-5-8-13/h6,9-10,12-13,15-16,22H,2-5,7-8,11H2,1H3,(H,20,24)(H,21,23). The number of pyridine rings is 1. The molecule has 1 aliphatic rings. The van der Waals surface area contributed by atoms with Gasteiger partial charge in [0.15, 0.2) is 6.10 Å². The van der Waals surface area contributed by atoms with Gasteiger partial charge < -0.3 is 15.7 Å². The Balaban J connectivity index is 1.84. The van der Waals surface area contributed by atoms with Crippen molar-refractivity contribution in [2.75, 3.05) is 6.54 Å². The summed E-state index contributed by atoms with van der Waals surface area (Å²) in [5.74, 6) is -0.257. The minimum atomic E-state index is -1.25. The molecule has 0 spiro atoms. The van der Waals surface area contributed by atoms with Crippen molar-refractivity contribution in [3.05, 3.63) is 30.1 Å². The number of amides is 2. The van der Waals surface area contributed by atoms with Gasteiger partial charge in [-0.3, -0.25) is 14.6 Å². The topological polar surface area (TPSA) is 91.3 Å². The quantitative estimate of drug-likeness (QED) is 0.707. The number of aliphatic hydroxyl groups is 1. The van der Waals surface area contributed by atoms with Crippen molar-refractivity contribution < 1.29 is 14.7 Å². The highest BCUT2D eigenvalue weighted by molar-refractivity contribution is 5.94. The van der Waals surface area contributed by atoms with Gasteiger partial charge in [0, 0.05) is 18.9 Å². The Morgan fingerprint density at radius 2 is 2.08 bits per heavy atom. The highest BCUT2D eigenvalue weighted by atomic mass is 16.3. The smallest absolute Gasteiger partial charge is 0.253 e. The van der Waals surface area contributed by atoms with E-state index in [1.807, 2.05) is 6.92 Å². The summed E-state index contributed by atoms with van der Waals surface area (Å²) in [5.41, 5.74) is 0.408. The molecule has 0 bridgehead atoms. The van der Waals surface area contributed by atoms with E-state index in [1.54, 1.807) is 18.3 Å². The number of rotatable bonds is 7. The molecule has 1 aliphatic carbocycles. The lowest BCUT2D eigenvalue weighted by molar-refractivity contribution is -0.130. The van der Waals surface area contributed by atoms with Gasteiger partial charge in [0.1, 0.15) is 0 Å². The maximum atomic E-state index is 12.2. The third kappa shape index (κ3) is 5.30. The first-order valence-electron chi connectivity index (χ1n) is 8.78. The van der Waals surface area contributed by atoms with Crippen molar-refractivity contribution in [1.29, 1.82) is 0 Å². The molecule has 1 aromatic rings. The normalized spacial score (nSPS) is 17.8. The summed E-state index contributed by atoms with van der Waals surface area (Å²) in [6.07, 6.45) is 8.20. The van der Waals surface area contributed by atoms with Crippen LogP contribution in [0.1, 0.15) is 55.8 Å². The van der Waals surface area contributed by atoms with E-state index < -0.39 is 18.1 Å². The van der Waals surface area contributed by atoms with E-state index in [9.17, 15) is 14.7 Å². The molecule has 0 saturated heterocycles. The van der Waals surface area contributed by atoms with E-state index in [2.05, 4.69) is 15.6 Å². The van der Waals surface area contributed by atoms with Crippen LogP contribution >= 0.6 is 0 Å². The van der Waals surface area contributed by atoms with Crippen molar-refractivity contribution in [3.8, 4) is 0 Å². The third-order valence-corrected chi connectivity index (χ3v) is 4.62. The average Bonchev–Trinajstić information content (AvgIpc) is 2.65. The lowest BCUT2D eigenvalue weighted by Crippen LogP contribution is -2.51. The molecule has 24 heavy (non-hydrogen) atoms. The third-order valence-electron chi connectivity index (χ3n) is 4.62. The maximum absolute atomic E-state index is 12.2. The van der Waals surface area contributed by atoms with Crippen LogP contribution in [-0.2, 0) is 4.79 Å². The molecule has 132 valence electrons. The summed E-state index contributed by atoms with van der Waals surface area (Å²) in [7, 11) is 0. The highest BCUT2D eigenvalue weighted by Crippen LogP contribution is 2.22. The van der Waals surface area contributed by atoms with Crippen molar-refractivity contribution in [3.63, 3.8) is 0 Å². The van der Waals surface area contributed by atoms with Crippen LogP contribution in [0.25, 0.3) is 0 Å². The molecule has 1 heterocycles. The Labute approximate surface area is 143 Å². The SMILES string of the molecule is CCC(NC(=O)c1cccnc1)C(O)C(=O)NCC1CCCCC1. The van der Waals surface area contributed by atoms with E-state index in [-0.39, 0.29) is 5.91 Å². The molecule has 0 radical (unpaired) electrons. The molecular weight excluding hydrogens is 306 g/mol. The Bertz CT molecular complexity index is 530. The van der Waals surface area contributed by atoms with Crippen LogP contribution in [0.15, 0.2) is 24.5 Å². The first-order valence-corrected chi connectivity index (χ1v) is 8.78. The number of hydrogen-bond acceptors (Lipinski definition) is 4. The molecule has 0 aromatic carbocycles. The molecule has 2 unspecified atom stereocenters. The van der Waals surface area contributed by atoms with E-state index in [4.69, 9.17) is 0 Å². The second-order valence-electron chi connectivity index (χ2n) is 6.42. The first-order chi connectivity index (χ1) is 11.6. The van der Waals surface area contributed by atoms with Crippen LogP contribution in [0.3, 0.4) is 0 Å². The number of hydrogen-bond donors (Lipinski definition) is 3. The molecule has 2 rings (SSSR count). The van der Waals surface area contributed by atoms with Crippen LogP contribution in [0, 0.1) is 5.92 Å². The summed E-state index contributed by atoms with van der Waals surface area (Å²) in [6.45, 7) is 2.43. The monoisotopic (exact) mass is 333 g/mol. The number of aromatic nitrogens is 1. The zero-order valence-corrected chi connectivity index (χ0v) is 14.2. The van der Waals surface area contributed by atoms with Crippen molar-refractivity contribution >= 4 is 11.8 Å². The van der Waals surface area contributed by atoms with Crippen molar-refractivity contribution in [2.24, 2.45) is 5.92 Å². The minimum absolute atomic E-state index is 0.339. The van der Waals surface area contributed by atoms with E-state index in [0.717, 1.165) is 12.8 Å². The number of aliphatic hydroxyl groups excluding tert-OH is 1. The number of nitrogens with one attached hydrogen (secondary N) is 2. The van der Waals surface area contributed by atoms with Gasteiger partial charge in [-0.25, -0.2) is 0 Å². The summed E-state index contributed by atoms with van der Waals surface area (Å²) in [5, 5.41) is 15.8. The Hall–Kier alpha value is -1.95. The minimum Gasteiger partial charge on any atom is -0.381 e. The molecule has 1 fully saturated rings. The van der Waals surface area contributed by atoms with E-state index in [1.165, 1.54) is 25.5 Å². The zero-order chi connectivity index (χ0) is 17.4. The second-order valence-corrected chi connectivity index (χ2v) is 6.42. The van der Waals surface area contributed by atoms with Gasteiger partial charge in [0.2, 0.25) is 0 Å². The predicted molar refractivity (Wildman–Crippen MR) is 91.4 cm³/mol. The lowest BCUT2D eigenvalue weighted by atomic mass is 9.89. The van der Waals surface area contributed by atoms with Gasteiger partial charge in [0.25, 0.3) is 11.8 Å². The van der Waals surface area contributed by atoms with Gasteiger partial charge in [-0.05, 0) is 37.3 Å². The summed E-state index contributed by atoms with van der Waals surface area (Å²) in [4.78, 5) is 28.2. The molecule has 2 atom stereocenters. The first kappa shape index (κ1) is 18.4. The fourth-order valence-electron chi connectivity index (χ4n) is 3.08. The fraction of sp³-hybridized carbons (Fsp3) is 0.611. The Morgan fingerprint density at radius 1 is 1.33 bits per heavy atom. The lowest BCUT2D eigenvalue weighted by Gasteiger charge is -2.25. The largest absolute Gasteiger partial charge is 0.381 e. The van der Waals surface area contributed by atoms with Crippen LogP contribution in [0.4, 0.5) is 0 Å². The molecule has 0 aliphatic heterocycles. The molecule has 2 amide bonds.